The molecule has 3 aromatic rings. The minimum absolute atomic E-state index is 0.318. The Hall–Kier alpha value is -2.10. The molecule has 170 valence electrons. The molecule has 9 heteroatoms. The van der Waals surface area contributed by atoms with Gasteiger partial charge in [-0.25, -0.2) is 9.67 Å². The summed E-state index contributed by atoms with van der Waals surface area (Å²) in [5, 5.41) is 7.97. The number of hydrogen-bond acceptors (Lipinski definition) is 5. The van der Waals surface area contributed by atoms with Gasteiger partial charge in [-0.1, -0.05) is 25.7 Å². The highest BCUT2D eigenvalue weighted by molar-refractivity contribution is 9.10. The molecule has 0 amide bonds. The standard InChI is InChI=1S/C23H29BrFN5OSi/c1-15-12-16-6-5-7-18(16)21(20(15)17-8-9-26-19(25)13-17)27-23-28-22(24)29-30(23)14-31-10-11-32(2,3)4/h8-9,12-13H,5-7,10-11,14H2,1-4H3,(H,27,28,29). The van der Waals surface area contributed by atoms with E-state index >= 15 is 0 Å². The van der Waals surface area contributed by atoms with Gasteiger partial charge in [0.05, 0.1) is 5.69 Å². The van der Waals surface area contributed by atoms with Crippen LogP contribution in [0.2, 0.25) is 25.7 Å². The molecular weight excluding hydrogens is 489 g/mol. The second-order valence-corrected chi connectivity index (χ2v) is 15.8. The summed E-state index contributed by atoms with van der Waals surface area (Å²) in [6, 6.07) is 6.64. The summed E-state index contributed by atoms with van der Waals surface area (Å²) >= 11 is 3.40. The maximum absolute atomic E-state index is 14.0. The number of aromatic nitrogens is 4. The number of nitrogens with one attached hydrogen (secondary N) is 1. The second kappa shape index (κ2) is 9.41. The first-order valence-corrected chi connectivity index (χ1v) is 15.4. The van der Waals surface area contributed by atoms with Gasteiger partial charge in [0.25, 0.3) is 0 Å². The lowest BCUT2D eigenvalue weighted by Gasteiger charge is -2.20. The monoisotopic (exact) mass is 517 g/mol. The van der Waals surface area contributed by atoms with Crippen LogP contribution in [0.15, 0.2) is 29.1 Å². The van der Waals surface area contributed by atoms with E-state index in [9.17, 15) is 4.39 Å². The quantitative estimate of drug-likeness (QED) is 0.222. The van der Waals surface area contributed by atoms with E-state index in [-0.39, 0.29) is 0 Å². The van der Waals surface area contributed by atoms with Crippen LogP contribution in [0.1, 0.15) is 23.1 Å². The molecule has 2 aromatic heterocycles. The first-order chi connectivity index (χ1) is 15.2. The van der Waals surface area contributed by atoms with Crippen molar-refractivity contribution in [3.8, 4) is 11.1 Å². The molecule has 32 heavy (non-hydrogen) atoms. The molecule has 0 saturated carbocycles. The molecule has 0 atom stereocenters. The van der Waals surface area contributed by atoms with Crippen molar-refractivity contribution in [1.82, 2.24) is 19.7 Å². The van der Waals surface area contributed by atoms with Gasteiger partial charge in [-0.15, -0.1) is 5.10 Å². The summed E-state index contributed by atoms with van der Waals surface area (Å²) in [5.41, 5.74) is 6.41. The van der Waals surface area contributed by atoms with Crippen LogP contribution < -0.4 is 5.32 Å². The number of hydrogen-bond donors (Lipinski definition) is 1. The Morgan fingerprint density at radius 2 is 2.06 bits per heavy atom. The van der Waals surface area contributed by atoms with Gasteiger partial charge in [0.15, 0.2) is 0 Å². The van der Waals surface area contributed by atoms with Crippen LogP contribution in [0.25, 0.3) is 11.1 Å². The van der Waals surface area contributed by atoms with Crippen LogP contribution in [0.3, 0.4) is 0 Å². The van der Waals surface area contributed by atoms with E-state index in [1.54, 1.807) is 4.68 Å². The maximum atomic E-state index is 14.0. The largest absolute Gasteiger partial charge is 0.359 e. The average Bonchev–Trinajstić information content (AvgIpc) is 3.30. The summed E-state index contributed by atoms with van der Waals surface area (Å²) < 4.78 is 22.1. The van der Waals surface area contributed by atoms with E-state index in [1.807, 2.05) is 6.07 Å². The predicted octanol–water partition coefficient (Wildman–Crippen LogP) is 6.09. The van der Waals surface area contributed by atoms with Gasteiger partial charge in [-0.3, -0.25) is 0 Å². The number of pyridine rings is 1. The Balaban J connectivity index is 1.68. The molecular formula is C23H29BrFN5OSi. The highest BCUT2D eigenvalue weighted by atomic mass is 79.9. The molecule has 0 spiro atoms. The van der Waals surface area contributed by atoms with Gasteiger partial charge in [-0.2, -0.15) is 9.37 Å². The SMILES string of the molecule is Cc1cc2c(c(Nc3nc(Br)nn3COCC[Si](C)(C)C)c1-c1ccnc(F)c1)CCC2. The van der Waals surface area contributed by atoms with E-state index in [0.717, 1.165) is 47.7 Å². The summed E-state index contributed by atoms with van der Waals surface area (Å²) in [6.45, 7) is 10.1. The topological polar surface area (TPSA) is 64.9 Å². The third-order valence-corrected chi connectivity index (χ3v) is 7.75. The lowest BCUT2D eigenvalue weighted by molar-refractivity contribution is 0.0798. The number of rotatable bonds is 8. The van der Waals surface area contributed by atoms with Gasteiger partial charge in [-0.05, 0) is 76.5 Å². The lowest BCUT2D eigenvalue weighted by atomic mass is 9.93. The Bertz CT molecular complexity index is 1130. The maximum Gasteiger partial charge on any atom is 0.228 e. The van der Waals surface area contributed by atoms with Crippen molar-refractivity contribution >= 4 is 35.6 Å². The fourth-order valence-electron chi connectivity index (χ4n) is 4.10. The van der Waals surface area contributed by atoms with Crippen LogP contribution in [0.4, 0.5) is 16.0 Å². The zero-order chi connectivity index (χ0) is 22.9. The normalized spacial score (nSPS) is 13.4. The van der Waals surface area contributed by atoms with Crippen molar-refractivity contribution in [3.05, 3.63) is 51.8 Å². The molecule has 6 nitrogen and oxygen atoms in total. The van der Waals surface area contributed by atoms with Gasteiger partial charge in [0.2, 0.25) is 16.6 Å². The van der Waals surface area contributed by atoms with Gasteiger partial charge in [0.1, 0.15) is 6.73 Å². The minimum atomic E-state index is -1.16. The van der Waals surface area contributed by atoms with Crippen molar-refractivity contribution in [2.24, 2.45) is 0 Å². The highest BCUT2D eigenvalue weighted by Gasteiger charge is 2.23. The fourth-order valence-corrected chi connectivity index (χ4v) is 5.22. The molecule has 2 heterocycles. The number of fused-ring (bicyclic) bond motifs is 1. The molecule has 0 radical (unpaired) electrons. The number of halogens is 2. The third-order valence-electron chi connectivity index (χ3n) is 5.71. The van der Waals surface area contributed by atoms with Crippen molar-refractivity contribution in [3.63, 3.8) is 0 Å². The molecule has 0 saturated heterocycles. The van der Waals surface area contributed by atoms with E-state index in [4.69, 9.17) is 4.74 Å². The van der Waals surface area contributed by atoms with Crippen molar-refractivity contribution in [2.75, 3.05) is 11.9 Å². The molecule has 0 bridgehead atoms. The number of anilines is 2. The van der Waals surface area contributed by atoms with E-state index in [1.165, 1.54) is 23.4 Å². The zero-order valence-electron chi connectivity index (χ0n) is 19.0. The lowest BCUT2D eigenvalue weighted by Crippen LogP contribution is -2.22. The summed E-state index contributed by atoms with van der Waals surface area (Å²) in [6.07, 6.45) is 4.63. The molecule has 1 aliphatic rings. The van der Waals surface area contributed by atoms with E-state index < -0.39 is 14.0 Å². The third kappa shape index (κ3) is 5.27. The molecule has 0 aliphatic heterocycles. The van der Waals surface area contributed by atoms with Crippen LogP contribution in [-0.2, 0) is 24.3 Å². The minimum Gasteiger partial charge on any atom is -0.359 e. The van der Waals surface area contributed by atoms with Gasteiger partial charge < -0.3 is 10.1 Å². The smallest absolute Gasteiger partial charge is 0.228 e. The molecule has 0 unspecified atom stereocenters. The number of aryl methyl sites for hydroxylation is 2. The first-order valence-electron chi connectivity index (χ1n) is 10.9. The summed E-state index contributed by atoms with van der Waals surface area (Å²) in [5.74, 6) is 0.107. The van der Waals surface area contributed by atoms with E-state index in [0.29, 0.717) is 24.0 Å². The van der Waals surface area contributed by atoms with Crippen molar-refractivity contribution in [2.45, 2.75) is 58.6 Å². The van der Waals surface area contributed by atoms with Crippen LogP contribution in [0.5, 0.6) is 0 Å². The predicted molar refractivity (Wildman–Crippen MR) is 132 cm³/mol. The zero-order valence-corrected chi connectivity index (χ0v) is 21.6. The number of nitrogens with zero attached hydrogens (tertiary/aromatic N) is 4. The Morgan fingerprint density at radius 3 is 2.81 bits per heavy atom. The molecule has 1 aliphatic carbocycles. The van der Waals surface area contributed by atoms with Crippen LogP contribution in [-0.4, -0.2) is 34.4 Å². The van der Waals surface area contributed by atoms with Crippen LogP contribution >= 0.6 is 15.9 Å². The Morgan fingerprint density at radius 1 is 1.25 bits per heavy atom. The second-order valence-electron chi connectivity index (χ2n) is 9.48. The highest BCUT2D eigenvalue weighted by Crippen LogP contribution is 2.41. The fraction of sp³-hybridized carbons (Fsp3) is 0.435. The average molecular weight is 519 g/mol. The van der Waals surface area contributed by atoms with Gasteiger partial charge in [0, 0.05) is 32.5 Å². The molecule has 1 aromatic carbocycles. The molecule has 1 N–H and O–H groups in total. The first kappa shape index (κ1) is 23.1. The van der Waals surface area contributed by atoms with Gasteiger partial charge >= 0.3 is 0 Å². The number of ether oxygens (including phenoxy) is 1. The molecule has 0 fully saturated rings. The molecule has 4 rings (SSSR count). The van der Waals surface area contributed by atoms with Crippen molar-refractivity contribution < 1.29 is 9.13 Å². The Labute approximate surface area is 197 Å². The van der Waals surface area contributed by atoms with Crippen LogP contribution in [0, 0.1) is 12.9 Å². The van der Waals surface area contributed by atoms with Crippen molar-refractivity contribution in [1.29, 1.82) is 0 Å². The summed E-state index contributed by atoms with van der Waals surface area (Å²) in [7, 11) is -1.16. The Kier molecular flexibility index (Phi) is 6.78. The van der Waals surface area contributed by atoms with E-state index in [2.05, 4.69) is 68.9 Å². The summed E-state index contributed by atoms with van der Waals surface area (Å²) in [4.78, 5) is 8.26. The number of benzene rings is 1.